The number of nitrogens with zero attached hydrogens (tertiary/aromatic N) is 4. The number of unbranched alkanes of at least 4 members (excludes halogenated alkanes) is 3. The lowest BCUT2D eigenvalue weighted by molar-refractivity contribution is -0.225. The van der Waals surface area contributed by atoms with Crippen LogP contribution < -0.4 is 4.74 Å². The molecule has 47 heavy (non-hydrogen) atoms. The fraction of sp³-hybridized carbons (Fsp3) is 0.541. The number of ether oxygens (including phenoxy) is 1. The number of oxime groups is 1. The zero-order chi connectivity index (χ0) is 32.8. The Morgan fingerprint density at radius 1 is 1.02 bits per heavy atom. The quantitative estimate of drug-likeness (QED) is 0.120. The highest BCUT2D eigenvalue weighted by Gasteiger charge is 2.63. The average Bonchev–Trinajstić information content (AvgIpc) is 3.54. The summed E-state index contributed by atoms with van der Waals surface area (Å²) in [5.74, 6) is -1.51. The highest BCUT2D eigenvalue weighted by atomic mass is 16.6. The first-order valence-electron chi connectivity index (χ1n) is 17.3. The van der Waals surface area contributed by atoms with Crippen LogP contribution in [0.25, 0.3) is 0 Å². The Labute approximate surface area is 276 Å². The molecule has 2 heterocycles. The van der Waals surface area contributed by atoms with Gasteiger partial charge in [-0.15, -0.1) is 5.10 Å². The first kappa shape index (κ1) is 33.2. The van der Waals surface area contributed by atoms with Crippen LogP contribution in [0.3, 0.4) is 0 Å². The van der Waals surface area contributed by atoms with Crippen molar-refractivity contribution in [3.8, 4) is 11.5 Å². The van der Waals surface area contributed by atoms with Crippen molar-refractivity contribution in [2.75, 3.05) is 13.2 Å². The van der Waals surface area contributed by atoms with Gasteiger partial charge in [-0.3, -0.25) is 0 Å². The van der Waals surface area contributed by atoms with Crippen LogP contribution in [0, 0.1) is 17.8 Å². The van der Waals surface area contributed by atoms with Gasteiger partial charge in [-0.25, -0.2) is 4.68 Å². The molecule has 3 aliphatic rings. The monoisotopic (exact) mass is 644 g/mol. The maximum atomic E-state index is 13.0. The van der Waals surface area contributed by atoms with Crippen molar-refractivity contribution in [1.82, 2.24) is 15.0 Å². The number of fused-ring (bicyclic) bond motifs is 2. The van der Waals surface area contributed by atoms with E-state index >= 15 is 0 Å². The average molecular weight is 645 g/mol. The highest BCUT2D eigenvalue weighted by Crippen LogP contribution is 2.62. The van der Waals surface area contributed by atoms with E-state index in [0.717, 1.165) is 73.1 Å². The van der Waals surface area contributed by atoms with Crippen LogP contribution in [0.5, 0.6) is 11.5 Å². The van der Waals surface area contributed by atoms with Gasteiger partial charge in [-0.05, 0) is 79.7 Å². The fourth-order valence-electron chi connectivity index (χ4n) is 8.03. The molecule has 6 atom stereocenters. The van der Waals surface area contributed by atoms with Crippen LogP contribution >= 0.6 is 0 Å². The lowest BCUT2D eigenvalue weighted by atomic mass is 9.55. The Balaban J connectivity index is 1.50. The summed E-state index contributed by atoms with van der Waals surface area (Å²) in [4.78, 5) is 6.03. The van der Waals surface area contributed by atoms with Gasteiger partial charge in [0.15, 0.2) is 0 Å². The minimum absolute atomic E-state index is 0.0884. The van der Waals surface area contributed by atoms with Gasteiger partial charge in [-0.1, -0.05) is 73.0 Å². The molecule has 10 nitrogen and oxygen atoms in total. The number of rotatable bonds is 15. The Bertz CT molecular complexity index is 1540. The van der Waals surface area contributed by atoms with Crippen molar-refractivity contribution in [3.63, 3.8) is 0 Å². The second kappa shape index (κ2) is 15.0. The molecule has 6 rings (SSSR count). The fourth-order valence-corrected chi connectivity index (χ4v) is 8.03. The summed E-state index contributed by atoms with van der Waals surface area (Å²) in [5, 5.41) is 56.6. The van der Waals surface area contributed by atoms with Crippen LogP contribution in [-0.4, -0.2) is 60.1 Å². The Morgan fingerprint density at radius 3 is 2.57 bits per heavy atom. The van der Waals surface area contributed by atoms with Gasteiger partial charge in [-0.2, -0.15) is 0 Å². The van der Waals surface area contributed by atoms with E-state index in [1.807, 2.05) is 35.0 Å². The molecule has 1 fully saturated rings. The van der Waals surface area contributed by atoms with E-state index in [1.165, 1.54) is 0 Å². The minimum atomic E-state index is -1.68. The summed E-state index contributed by atoms with van der Waals surface area (Å²) >= 11 is 0. The van der Waals surface area contributed by atoms with Gasteiger partial charge in [0.2, 0.25) is 5.79 Å². The lowest BCUT2D eigenvalue weighted by Gasteiger charge is -2.56. The summed E-state index contributed by atoms with van der Waals surface area (Å²) in [6.07, 6.45) is 11.9. The van der Waals surface area contributed by atoms with E-state index in [9.17, 15) is 20.4 Å². The Hall–Kier alpha value is -3.73. The summed E-state index contributed by atoms with van der Waals surface area (Å²) in [6, 6.07) is 14.4. The van der Waals surface area contributed by atoms with Gasteiger partial charge >= 0.3 is 0 Å². The number of aliphatic hydroxyl groups is 3. The molecule has 0 unspecified atom stereocenters. The second-order valence-corrected chi connectivity index (χ2v) is 13.3. The Kier molecular flexibility index (Phi) is 10.6. The summed E-state index contributed by atoms with van der Waals surface area (Å²) in [6.45, 7) is 2.70. The molecule has 1 saturated carbocycles. The number of hydrogen-bond acceptors (Lipinski definition) is 9. The number of benzene rings is 2. The van der Waals surface area contributed by atoms with Crippen molar-refractivity contribution >= 4 is 5.71 Å². The van der Waals surface area contributed by atoms with Crippen LogP contribution in [0.15, 0.2) is 71.5 Å². The minimum Gasteiger partial charge on any atom is -0.508 e. The number of aromatic hydroxyl groups is 1. The number of phenolic OH excluding ortho intramolecular Hbond substituents is 1. The van der Waals surface area contributed by atoms with Crippen LogP contribution in [-0.2, 0) is 17.9 Å². The van der Waals surface area contributed by atoms with E-state index in [4.69, 9.17) is 14.7 Å². The maximum Gasteiger partial charge on any atom is 0.238 e. The molecular formula is C37H48N4O6. The van der Waals surface area contributed by atoms with E-state index in [1.54, 1.807) is 24.4 Å². The number of hydrogen-bond donors (Lipinski definition) is 4. The third kappa shape index (κ3) is 6.82. The zero-order valence-corrected chi connectivity index (χ0v) is 27.2. The molecular weight excluding hydrogens is 596 g/mol. The molecule has 0 amide bonds. The zero-order valence-electron chi connectivity index (χ0n) is 27.2. The number of aryl methyl sites for hydroxylation is 1. The van der Waals surface area contributed by atoms with Crippen LogP contribution in [0.4, 0.5) is 0 Å². The molecule has 2 aromatic carbocycles. The van der Waals surface area contributed by atoms with Gasteiger partial charge in [0, 0.05) is 31.1 Å². The molecule has 1 aromatic heterocycles. The number of allylic oxidation sites excluding steroid dienone is 1. The molecule has 10 heteroatoms. The van der Waals surface area contributed by atoms with Crippen LogP contribution in [0.2, 0.25) is 0 Å². The normalized spacial score (nSPS) is 27.1. The maximum absolute atomic E-state index is 13.0. The summed E-state index contributed by atoms with van der Waals surface area (Å²) in [7, 11) is 0. The number of aliphatic hydroxyl groups excluding tert-OH is 2. The summed E-state index contributed by atoms with van der Waals surface area (Å²) in [5.41, 5.74) is 4.44. The molecule has 0 spiro atoms. The van der Waals surface area contributed by atoms with Crippen molar-refractivity contribution in [3.05, 3.63) is 83.2 Å². The lowest BCUT2D eigenvalue weighted by Crippen LogP contribution is -2.62. The topological polar surface area (TPSA) is 142 Å². The van der Waals surface area contributed by atoms with Gasteiger partial charge in [0.1, 0.15) is 24.1 Å². The molecule has 2 aliphatic carbocycles. The molecule has 0 bridgehead atoms. The van der Waals surface area contributed by atoms with E-state index in [-0.39, 0.29) is 36.7 Å². The van der Waals surface area contributed by atoms with Gasteiger partial charge < -0.3 is 30.0 Å². The first-order valence-corrected chi connectivity index (χ1v) is 17.3. The predicted octanol–water partition coefficient (Wildman–Crippen LogP) is 5.82. The molecule has 3 aromatic rings. The molecule has 0 saturated heterocycles. The second-order valence-electron chi connectivity index (χ2n) is 13.3. The van der Waals surface area contributed by atoms with Crippen molar-refractivity contribution in [2.45, 2.75) is 95.5 Å². The standard InChI is InChI=1S/C37H48N4O6/c1-2-3-14-27-23-38-40-41(27)34-22-32(39-46-24-25-11-5-4-6-12-25)30-20-26(13-7-9-18-42)29(15-8-10-19-43)35-31-21-28(44)16-17-33(31)47-37(34,45)36(30)35/h4-6,11-12,16-17,20-21,23,26,29,34-36,42-45H,2-3,7-10,13-15,18-19,22,24H2,1H3/t26-,29+,34-,35+,36+,37+/m0/s1. The molecule has 252 valence electrons. The number of aromatic nitrogens is 3. The largest absolute Gasteiger partial charge is 0.508 e. The predicted molar refractivity (Wildman–Crippen MR) is 178 cm³/mol. The van der Waals surface area contributed by atoms with E-state index < -0.39 is 17.7 Å². The highest BCUT2D eigenvalue weighted by molar-refractivity contribution is 6.02. The molecule has 4 N–H and O–H groups in total. The van der Waals surface area contributed by atoms with Crippen molar-refractivity contribution in [2.24, 2.45) is 22.9 Å². The van der Waals surface area contributed by atoms with Gasteiger partial charge in [0.25, 0.3) is 0 Å². The summed E-state index contributed by atoms with van der Waals surface area (Å²) < 4.78 is 8.52. The van der Waals surface area contributed by atoms with Gasteiger partial charge in [0.05, 0.1) is 23.5 Å². The van der Waals surface area contributed by atoms with E-state index in [2.05, 4.69) is 23.3 Å². The molecule has 1 aliphatic heterocycles. The van der Waals surface area contributed by atoms with Crippen molar-refractivity contribution < 1.29 is 30.0 Å². The van der Waals surface area contributed by atoms with Crippen LogP contribution in [0.1, 0.15) is 93.5 Å². The third-order valence-corrected chi connectivity index (χ3v) is 10.2. The van der Waals surface area contributed by atoms with Crippen molar-refractivity contribution in [1.29, 1.82) is 0 Å². The number of phenols is 1. The van der Waals surface area contributed by atoms with E-state index in [0.29, 0.717) is 31.6 Å². The molecule has 0 radical (unpaired) electrons. The first-order chi connectivity index (χ1) is 23.0. The third-order valence-electron chi connectivity index (χ3n) is 10.2. The smallest absolute Gasteiger partial charge is 0.238 e. The Morgan fingerprint density at radius 2 is 1.81 bits per heavy atom. The SMILES string of the molecule is CCCCc1cnnn1[C@H]1CC(=NOCc2ccccc2)C2=C[C@H](CCCCO)[C@@H](CCCCO)[C@@H]3c4cc(O)ccc4O[C@@]1(O)[C@H]23.